The van der Waals surface area contributed by atoms with E-state index in [1.54, 1.807) is 7.11 Å². The second kappa shape index (κ2) is 6.59. The Kier molecular flexibility index (Phi) is 5.37. The van der Waals surface area contributed by atoms with Crippen molar-refractivity contribution in [3.05, 3.63) is 35.9 Å². The number of hydrogen-bond acceptors (Lipinski definition) is 2. The molecule has 0 heterocycles. The summed E-state index contributed by atoms with van der Waals surface area (Å²) >= 11 is 0. The molecule has 0 aliphatic rings. The summed E-state index contributed by atoms with van der Waals surface area (Å²) in [5.74, 6) is 0.728. The van der Waals surface area contributed by atoms with E-state index >= 15 is 0 Å². The van der Waals surface area contributed by atoms with Crippen LogP contribution >= 0.6 is 0 Å². The molecule has 84 valence electrons. The number of hydrogen-bond donors (Lipinski definition) is 1. The topological polar surface area (TPSA) is 21.3 Å². The fourth-order valence-electron chi connectivity index (χ4n) is 1.47. The molecule has 0 aliphatic heterocycles. The summed E-state index contributed by atoms with van der Waals surface area (Å²) in [6.45, 7) is 5.45. The van der Waals surface area contributed by atoms with Crippen molar-refractivity contribution >= 4 is 0 Å². The van der Waals surface area contributed by atoms with Crippen molar-refractivity contribution in [1.82, 2.24) is 5.32 Å². The lowest BCUT2D eigenvalue weighted by molar-refractivity contribution is 0.0729. The molecular weight excluding hydrogens is 186 g/mol. The molecule has 0 aliphatic carbocycles. The van der Waals surface area contributed by atoms with Crippen molar-refractivity contribution in [3.8, 4) is 0 Å². The number of nitrogens with one attached hydrogen (secondary N) is 1. The molecule has 0 radical (unpaired) electrons. The van der Waals surface area contributed by atoms with Gasteiger partial charge in [-0.05, 0) is 24.4 Å². The Labute approximate surface area is 92.6 Å². The Morgan fingerprint density at radius 1 is 1.20 bits per heavy atom. The molecule has 15 heavy (non-hydrogen) atoms. The van der Waals surface area contributed by atoms with E-state index in [9.17, 15) is 0 Å². The normalized spacial score (nSPS) is 13.1. The fraction of sp³-hybridized carbons (Fsp3) is 0.538. The van der Waals surface area contributed by atoms with Crippen LogP contribution in [0.5, 0.6) is 0 Å². The molecule has 1 N–H and O–H groups in total. The average Bonchev–Trinajstić information content (AvgIpc) is 2.25. The SMILES string of the molecule is COC(NCCC(C)C)c1ccccc1. The first-order valence-corrected chi connectivity index (χ1v) is 5.55. The molecule has 0 aromatic heterocycles. The van der Waals surface area contributed by atoms with Crippen LogP contribution in [0.1, 0.15) is 32.1 Å². The monoisotopic (exact) mass is 207 g/mol. The maximum atomic E-state index is 5.41. The molecule has 2 heteroatoms. The van der Waals surface area contributed by atoms with Crippen molar-refractivity contribution < 1.29 is 4.74 Å². The average molecular weight is 207 g/mol. The molecule has 0 spiro atoms. The van der Waals surface area contributed by atoms with Gasteiger partial charge in [0, 0.05) is 7.11 Å². The van der Waals surface area contributed by atoms with E-state index < -0.39 is 0 Å². The smallest absolute Gasteiger partial charge is 0.133 e. The van der Waals surface area contributed by atoms with Crippen LogP contribution in [-0.2, 0) is 4.74 Å². The minimum Gasteiger partial charge on any atom is -0.362 e. The van der Waals surface area contributed by atoms with Gasteiger partial charge >= 0.3 is 0 Å². The van der Waals surface area contributed by atoms with Crippen molar-refractivity contribution in [2.24, 2.45) is 5.92 Å². The highest BCUT2D eigenvalue weighted by Gasteiger charge is 2.08. The minimum atomic E-state index is 0.0185. The molecule has 0 saturated heterocycles. The standard InChI is InChI=1S/C13H21NO/c1-11(2)9-10-14-13(15-3)12-7-5-4-6-8-12/h4-8,11,13-14H,9-10H2,1-3H3. The number of benzene rings is 1. The van der Waals surface area contributed by atoms with Gasteiger partial charge in [-0.15, -0.1) is 0 Å². The molecule has 0 bridgehead atoms. The molecule has 0 fully saturated rings. The quantitative estimate of drug-likeness (QED) is 0.724. The van der Waals surface area contributed by atoms with Gasteiger partial charge in [0.05, 0.1) is 0 Å². The summed E-state index contributed by atoms with van der Waals surface area (Å²) in [4.78, 5) is 0. The van der Waals surface area contributed by atoms with Crippen LogP contribution in [-0.4, -0.2) is 13.7 Å². The predicted octanol–water partition coefficient (Wildman–Crippen LogP) is 2.97. The summed E-state index contributed by atoms with van der Waals surface area (Å²) in [6.07, 6.45) is 1.19. The minimum absolute atomic E-state index is 0.0185. The van der Waals surface area contributed by atoms with Gasteiger partial charge in [0.15, 0.2) is 0 Å². The van der Waals surface area contributed by atoms with Crippen LogP contribution in [0.4, 0.5) is 0 Å². The molecule has 2 nitrogen and oxygen atoms in total. The van der Waals surface area contributed by atoms with Gasteiger partial charge < -0.3 is 4.74 Å². The van der Waals surface area contributed by atoms with E-state index in [0.29, 0.717) is 0 Å². The third-order valence-corrected chi connectivity index (χ3v) is 2.39. The highest BCUT2D eigenvalue weighted by atomic mass is 16.5. The lowest BCUT2D eigenvalue weighted by Crippen LogP contribution is -2.24. The molecule has 1 unspecified atom stereocenters. The summed E-state index contributed by atoms with van der Waals surface area (Å²) < 4.78 is 5.41. The lowest BCUT2D eigenvalue weighted by atomic mass is 10.1. The Morgan fingerprint density at radius 2 is 1.87 bits per heavy atom. The van der Waals surface area contributed by atoms with Crippen molar-refractivity contribution in [3.63, 3.8) is 0 Å². The highest BCUT2D eigenvalue weighted by Crippen LogP contribution is 2.12. The van der Waals surface area contributed by atoms with Gasteiger partial charge in [-0.3, -0.25) is 5.32 Å². The van der Waals surface area contributed by atoms with Crippen LogP contribution < -0.4 is 5.32 Å². The predicted molar refractivity (Wildman–Crippen MR) is 63.6 cm³/mol. The molecule has 1 rings (SSSR count). The van der Waals surface area contributed by atoms with Gasteiger partial charge in [-0.2, -0.15) is 0 Å². The van der Waals surface area contributed by atoms with Crippen LogP contribution in [0.25, 0.3) is 0 Å². The largest absolute Gasteiger partial charge is 0.362 e. The zero-order chi connectivity index (χ0) is 11.1. The van der Waals surface area contributed by atoms with Crippen LogP contribution in [0.3, 0.4) is 0 Å². The molecule has 0 amide bonds. The molecule has 1 aromatic rings. The van der Waals surface area contributed by atoms with Crippen LogP contribution in [0, 0.1) is 5.92 Å². The summed E-state index contributed by atoms with van der Waals surface area (Å²) in [5, 5.41) is 3.39. The Balaban J connectivity index is 2.43. The second-order valence-electron chi connectivity index (χ2n) is 4.16. The summed E-state index contributed by atoms with van der Waals surface area (Å²) in [6, 6.07) is 10.2. The number of methoxy groups -OCH3 is 1. The highest BCUT2D eigenvalue weighted by molar-refractivity contribution is 5.16. The first-order chi connectivity index (χ1) is 7.24. The molecular formula is C13H21NO. The van der Waals surface area contributed by atoms with Gasteiger partial charge in [0.25, 0.3) is 0 Å². The Bertz CT molecular complexity index is 258. The second-order valence-corrected chi connectivity index (χ2v) is 4.16. The van der Waals surface area contributed by atoms with E-state index in [-0.39, 0.29) is 6.23 Å². The van der Waals surface area contributed by atoms with E-state index in [1.165, 1.54) is 12.0 Å². The van der Waals surface area contributed by atoms with Gasteiger partial charge in [0.2, 0.25) is 0 Å². The van der Waals surface area contributed by atoms with E-state index in [2.05, 4.69) is 31.3 Å². The lowest BCUT2D eigenvalue weighted by Gasteiger charge is -2.18. The van der Waals surface area contributed by atoms with Crippen LogP contribution in [0.2, 0.25) is 0 Å². The van der Waals surface area contributed by atoms with E-state index in [0.717, 1.165) is 12.5 Å². The fourth-order valence-corrected chi connectivity index (χ4v) is 1.47. The van der Waals surface area contributed by atoms with Gasteiger partial charge in [0.1, 0.15) is 6.23 Å². The Morgan fingerprint density at radius 3 is 2.40 bits per heavy atom. The maximum absolute atomic E-state index is 5.41. The molecule has 1 atom stereocenters. The van der Waals surface area contributed by atoms with E-state index in [1.807, 2.05) is 18.2 Å². The summed E-state index contributed by atoms with van der Waals surface area (Å²) in [7, 11) is 1.74. The molecule has 1 aromatic carbocycles. The zero-order valence-electron chi connectivity index (χ0n) is 9.86. The van der Waals surface area contributed by atoms with Gasteiger partial charge in [-0.1, -0.05) is 44.2 Å². The first-order valence-electron chi connectivity index (χ1n) is 5.55. The third-order valence-electron chi connectivity index (χ3n) is 2.39. The van der Waals surface area contributed by atoms with E-state index in [4.69, 9.17) is 4.74 Å². The van der Waals surface area contributed by atoms with Crippen LogP contribution in [0.15, 0.2) is 30.3 Å². The molecule has 0 saturated carbocycles. The first kappa shape index (κ1) is 12.2. The Hall–Kier alpha value is -0.860. The maximum Gasteiger partial charge on any atom is 0.133 e. The van der Waals surface area contributed by atoms with Crippen molar-refractivity contribution in [2.45, 2.75) is 26.5 Å². The van der Waals surface area contributed by atoms with Crippen molar-refractivity contribution in [2.75, 3.05) is 13.7 Å². The van der Waals surface area contributed by atoms with Gasteiger partial charge in [-0.25, -0.2) is 0 Å². The third kappa shape index (κ3) is 4.45. The number of ether oxygens (including phenoxy) is 1. The summed E-state index contributed by atoms with van der Waals surface area (Å²) in [5.41, 5.74) is 1.18. The zero-order valence-corrected chi connectivity index (χ0v) is 9.86. The number of rotatable bonds is 6. The van der Waals surface area contributed by atoms with Crippen molar-refractivity contribution in [1.29, 1.82) is 0 Å².